The fourth-order valence-electron chi connectivity index (χ4n) is 2.08. The van der Waals surface area contributed by atoms with E-state index in [1.165, 1.54) is 51.4 Å². The topological polar surface area (TPSA) is 26.3 Å². The van der Waals surface area contributed by atoms with Crippen molar-refractivity contribution in [2.75, 3.05) is 6.61 Å². The number of esters is 1. The minimum absolute atomic E-state index is 0.151. The van der Waals surface area contributed by atoms with Crippen LogP contribution < -0.4 is 0 Å². The fraction of sp³-hybridized carbons (Fsp3) is 0.824. The first-order chi connectivity index (χ1) is 9.22. The SMILES string of the molecule is CC/C=C(\C)C(=O)OCCCCCCCCCCC. The molecular formula is C17H32O2. The molecule has 0 atom stereocenters. The molecule has 0 bridgehead atoms. The molecule has 0 fully saturated rings. The van der Waals surface area contributed by atoms with Gasteiger partial charge in [-0.05, 0) is 19.8 Å². The molecule has 0 aliphatic rings. The van der Waals surface area contributed by atoms with Gasteiger partial charge in [0.25, 0.3) is 0 Å². The highest BCUT2D eigenvalue weighted by Gasteiger charge is 2.03. The summed E-state index contributed by atoms with van der Waals surface area (Å²) >= 11 is 0. The molecule has 0 radical (unpaired) electrons. The molecular weight excluding hydrogens is 236 g/mol. The summed E-state index contributed by atoms with van der Waals surface area (Å²) in [6.45, 7) is 6.67. The van der Waals surface area contributed by atoms with Crippen LogP contribution >= 0.6 is 0 Å². The first kappa shape index (κ1) is 18.2. The van der Waals surface area contributed by atoms with E-state index in [4.69, 9.17) is 4.74 Å². The Labute approximate surface area is 119 Å². The van der Waals surface area contributed by atoms with Crippen LogP contribution in [0.1, 0.15) is 85.0 Å². The maximum Gasteiger partial charge on any atom is 0.333 e. The zero-order valence-electron chi connectivity index (χ0n) is 13.2. The van der Waals surface area contributed by atoms with Gasteiger partial charge in [-0.3, -0.25) is 0 Å². The number of allylic oxidation sites excluding steroid dienone is 1. The second kappa shape index (κ2) is 13.6. The summed E-state index contributed by atoms with van der Waals surface area (Å²) < 4.78 is 5.21. The largest absolute Gasteiger partial charge is 0.462 e. The van der Waals surface area contributed by atoms with Crippen molar-refractivity contribution in [1.29, 1.82) is 0 Å². The third-order valence-electron chi connectivity index (χ3n) is 3.31. The molecule has 0 saturated heterocycles. The van der Waals surface area contributed by atoms with Crippen molar-refractivity contribution in [1.82, 2.24) is 0 Å². The molecule has 0 aromatic heterocycles. The summed E-state index contributed by atoms with van der Waals surface area (Å²) in [5.41, 5.74) is 0.735. The van der Waals surface area contributed by atoms with E-state index in [2.05, 4.69) is 6.92 Å². The number of hydrogen-bond acceptors (Lipinski definition) is 2. The molecule has 2 heteroatoms. The summed E-state index contributed by atoms with van der Waals surface area (Å²) in [5.74, 6) is -0.151. The van der Waals surface area contributed by atoms with E-state index in [0.717, 1.165) is 18.4 Å². The third kappa shape index (κ3) is 12.0. The summed E-state index contributed by atoms with van der Waals surface area (Å²) in [7, 11) is 0. The molecule has 0 spiro atoms. The molecule has 0 saturated carbocycles. The number of ether oxygens (including phenoxy) is 1. The van der Waals surface area contributed by atoms with Gasteiger partial charge in [-0.2, -0.15) is 0 Å². The molecule has 2 nitrogen and oxygen atoms in total. The summed E-state index contributed by atoms with van der Waals surface area (Å²) in [6, 6.07) is 0. The average Bonchev–Trinajstić information content (AvgIpc) is 2.41. The first-order valence-electron chi connectivity index (χ1n) is 8.06. The Kier molecular flexibility index (Phi) is 13.1. The van der Waals surface area contributed by atoms with E-state index in [1.54, 1.807) is 0 Å². The Balaban J connectivity index is 3.27. The molecule has 19 heavy (non-hydrogen) atoms. The molecule has 0 heterocycles. The van der Waals surface area contributed by atoms with Gasteiger partial charge < -0.3 is 4.74 Å². The van der Waals surface area contributed by atoms with Crippen LogP contribution in [0.25, 0.3) is 0 Å². The lowest BCUT2D eigenvalue weighted by Gasteiger charge is -2.05. The standard InChI is InChI=1S/C17H32O2/c1-4-6-7-8-9-10-11-12-13-15-19-17(18)16(3)14-5-2/h14H,4-13,15H2,1-3H3/b16-14+. The molecule has 0 N–H and O–H groups in total. The van der Waals surface area contributed by atoms with Crippen molar-refractivity contribution in [2.45, 2.75) is 85.0 Å². The smallest absolute Gasteiger partial charge is 0.333 e. The Bertz CT molecular complexity index is 244. The van der Waals surface area contributed by atoms with Gasteiger partial charge in [0, 0.05) is 5.57 Å². The molecule has 112 valence electrons. The van der Waals surface area contributed by atoms with Crippen LogP contribution in [0.2, 0.25) is 0 Å². The van der Waals surface area contributed by atoms with Gasteiger partial charge in [0.05, 0.1) is 6.61 Å². The summed E-state index contributed by atoms with van der Waals surface area (Å²) in [6.07, 6.45) is 14.4. The van der Waals surface area contributed by atoms with E-state index in [1.807, 2.05) is 19.9 Å². The highest BCUT2D eigenvalue weighted by atomic mass is 16.5. The molecule has 0 aliphatic carbocycles. The van der Waals surface area contributed by atoms with E-state index >= 15 is 0 Å². The number of hydrogen-bond donors (Lipinski definition) is 0. The Morgan fingerprint density at radius 3 is 1.95 bits per heavy atom. The number of rotatable bonds is 12. The summed E-state index contributed by atoms with van der Waals surface area (Å²) in [4.78, 5) is 11.5. The minimum atomic E-state index is -0.151. The predicted molar refractivity (Wildman–Crippen MR) is 82.2 cm³/mol. The number of carbonyl (C=O) groups is 1. The van der Waals surface area contributed by atoms with E-state index in [9.17, 15) is 4.79 Å². The van der Waals surface area contributed by atoms with Gasteiger partial charge in [-0.1, -0.05) is 71.3 Å². The van der Waals surface area contributed by atoms with Crippen molar-refractivity contribution >= 4 is 5.97 Å². The van der Waals surface area contributed by atoms with Crippen molar-refractivity contribution in [3.63, 3.8) is 0 Å². The second-order valence-corrected chi connectivity index (χ2v) is 5.26. The lowest BCUT2D eigenvalue weighted by Crippen LogP contribution is -2.07. The molecule has 0 amide bonds. The van der Waals surface area contributed by atoms with Crippen molar-refractivity contribution in [2.24, 2.45) is 0 Å². The lowest BCUT2D eigenvalue weighted by atomic mass is 10.1. The van der Waals surface area contributed by atoms with Crippen molar-refractivity contribution in [3.8, 4) is 0 Å². The van der Waals surface area contributed by atoms with Gasteiger partial charge in [0.1, 0.15) is 0 Å². The Hall–Kier alpha value is -0.790. The fourth-order valence-corrected chi connectivity index (χ4v) is 2.08. The van der Waals surface area contributed by atoms with Gasteiger partial charge in [-0.15, -0.1) is 0 Å². The van der Waals surface area contributed by atoms with E-state index in [0.29, 0.717) is 6.61 Å². The number of carbonyl (C=O) groups excluding carboxylic acids is 1. The van der Waals surface area contributed by atoms with Crippen LogP contribution in [0.5, 0.6) is 0 Å². The van der Waals surface area contributed by atoms with Gasteiger partial charge in [-0.25, -0.2) is 4.79 Å². The van der Waals surface area contributed by atoms with Gasteiger partial charge in [0.2, 0.25) is 0 Å². The van der Waals surface area contributed by atoms with Crippen molar-refractivity contribution in [3.05, 3.63) is 11.6 Å². The highest BCUT2D eigenvalue weighted by Crippen LogP contribution is 2.09. The maximum absolute atomic E-state index is 11.5. The zero-order valence-corrected chi connectivity index (χ0v) is 13.2. The van der Waals surface area contributed by atoms with Gasteiger partial charge in [0.15, 0.2) is 0 Å². The molecule has 0 rings (SSSR count). The average molecular weight is 268 g/mol. The normalized spacial score (nSPS) is 11.6. The molecule has 0 aliphatic heterocycles. The Morgan fingerprint density at radius 2 is 1.42 bits per heavy atom. The van der Waals surface area contributed by atoms with Crippen LogP contribution in [0.15, 0.2) is 11.6 Å². The van der Waals surface area contributed by atoms with Crippen LogP contribution in [0, 0.1) is 0 Å². The lowest BCUT2D eigenvalue weighted by molar-refractivity contribution is -0.139. The molecule has 0 unspecified atom stereocenters. The van der Waals surface area contributed by atoms with E-state index in [-0.39, 0.29) is 5.97 Å². The Morgan fingerprint density at radius 1 is 0.895 bits per heavy atom. The predicted octanol–water partition coefficient (Wildman–Crippen LogP) is 5.42. The van der Waals surface area contributed by atoms with Crippen LogP contribution in [0.3, 0.4) is 0 Å². The van der Waals surface area contributed by atoms with Crippen molar-refractivity contribution < 1.29 is 9.53 Å². The van der Waals surface area contributed by atoms with Crippen LogP contribution in [0.4, 0.5) is 0 Å². The second-order valence-electron chi connectivity index (χ2n) is 5.26. The highest BCUT2D eigenvalue weighted by molar-refractivity contribution is 5.87. The third-order valence-corrected chi connectivity index (χ3v) is 3.31. The quantitative estimate of drug-likeness (QED) is 0.268. The first-order valence-corrected chi connectivity index (χ1v) is 8.06. The minimum Gasteiger partial charge on any atom is -0.462 e. The number of unbranched alkanes of at least 4 members (excludes halogenated alkanes) is 8. The summed E-state index contributed by atoms with van der Waals surface area (Å²) in [5, 5.41) is 0. The maximum atomic E-state index is 11.5. The van der Waals surface area contributed by atoms with Crippen LogP contribution in [-0.4, -0.2) is 12.6 Å². The van der Waals surface area contributed by atoms with Gasteiger partial charge >= 0.3 is 5.97 Å². The zero-order chi connectivity index (χ0) is 14.3. The van der Waals surface area contributed by atoms with E-state index < -0.39 is 0 Å². The molecule has 0 aromatic rings. The monoisotopic (exact) mass is 268 g/mol. The van der Waals surface area contributed by atoms with Crippen LogP contribution in [-0.2, 0) is 9.53 Å². The molecule has 0 aromatic carbocycles.